The zero-order valence-corrected chi connectivity index (χ0v) is 11.1. The summed E-state index contributed by atoms with van der Waals surface area (Å²) in [6.07, 6.45) is 2.09. The lowest BCUT2D eigenvalue weighted by Gasteiger charge is -2.18. The monoisotopic (exact) mass is 246 g/mol. The molecule has 0 saturated carbocycles. The third-order valence-electron chi connectivity index (χ3n) is 2.60. The molecule has 0 fully saturated rings. The van der Waals surface area contributed by atoms with Gasteiger partial charge in [-0.15, -0.1) is 0 Å². The van der Waals surface area contributed by atoms with E-state index in [1.807, 2.05) is 0 Å². The minimum atomic E-state index is -0.532. The second kappa shape index (κ2) is 8.44. The first-order valence-corrected chi connectivity index (χ1v) is 6.34. The van der Waals surface area contributed by atoms with Gasteiger partial charge < -0.3 is 10.6 Å². The van der Waals surface area contributed by atoms with Crippen LogP contribution in [0.1, 0.15) is 33.6 Å². The lowest BCUT2D eigenvalue weighted by molar-refractivity contribution is -0.127. The normalized spacial score (nSPS) is 12.3. The van der Waals surface area contributed by atoms with Crippen LogP contribution in [-0.2, 0) is 9.59 Å². The fraction of sp³-hybridized carbons (Fsp3) is 0.818. The third kappa shape index (κ3) is 6.00. The van der Waals surface area contributed by atoms with E-state index in [-0.39, 0.29) is 11.8 Å². The third-order valence-corrected chi connectivity index (χ3v) is 2.96. The largest absolute Gasteiger partial charge is 0.354 e. The summed E-state index contributed by atoms with van der Waals surface area (Å²) in [5.74, 6) is 0.449. The Hall–Kier alpha value is -0.710. The fourth-order valence-electron chi connectivity index (χ4n) is 1.38. The smallest absolute Gasteiger partial charge is 0.243 e. The maximum atomic E-state index is 11.7. The van der Waals surface area contributed by atoms with Crippen LogP contribution in [0.15, 0.2) is 0 Å². The molecule has 0 aromatic heterocycles. The number of amides is 2. The molecule has 0 heterocycles. The van der Waals surface area contributed by atoms with Crippen LogP contribution in [0.2, 0.25) is 0 Å². The van der Waals surface area contributed by atoms with Crippen molar-refractivity contribution in [2.45, 2.75) is 39.7 Å². The summed E-state index contributed by atoms with van der Waals surface area (Å²) >= 11 is 4.04. The van der Waals surface area contributed by atoms with Gasteiger partial charge in [0.05, 0.1) is 0 Å². The molecular formula is C11H22N2O2S. The highest BCUT2D eigenvalue weighted by Crippen LogP contribution is 2.05. The summed E-state index contributed by atoms with van der Waals surface area (Å²) in [6.45, 7) is 6.26. The number of carbonyl (C=O) groups is 2. The van der Waals surface area contributed by atoms with E-state index in [9.17, 15) is 9.59 Å². The quantitative estimate of drug-likeness (QED) is 0.586. The van der Waals surface area contributed by atoms with E-state index in [1.54, 1.807) is 0 Å². The van der Waals surface area contributed by atoms with Gasteiger partial charge in [-0.1, -0.05) is 26.7 Å². The van der Waals surface area contributed by atoms with Gasteiger partial charge in [-0.3, -0.25) is 9.59 Å². The lowest BCUT2D eigenvalue weighted by Crippen LogP contribution is -2.48. The molecule has 0 aliphatic heterocycles. The van der Waals surface area contributed by atoms with Gasteiger partial charge >= 0.3 is 0 Å². The van der Waals surface area contributed by atoms with Gasteiger partial charge in [-0.2, -0.15) is 12.6 Å². The van der Waals surface area contributed by atoms with Gasteiger partial charge in [0.25, 0.3) is 0 Å². The molecule has 0 aromatic carbocycles. The van der Waals surface area contributed by atoms with Gasteiger partial charge in [0.15, 0.2) is 0 Å². The molecule has 1 unspecified atom stereocenters. The number of rotatable bonds is 7. The van der Waals surface area contributed by atoms with Crippen molar-refractivity contribution >= 4 is 24.4 Å². The van der Waals surface area contributed by atoms with Crippen molar-refractivity contribution in [1.29, 1.82) is 0 Å². The average molecular weight is 246 g/mol. The molecule has 0 bridgehead atoms. The first kappa shape index (κ1) is 15.3. The van der Waals surface area contributed by atoms with Gasteiger partial charge in [-0.05, 0) is 5.92 Å². The van der Waals surface area contributed by atoms with Crippen LogP contribution in [0.4, 0.5) is 0 Å². The highest BCUT2D eigenvalue weighted by molar-refractivity contribution is 7.80. The Morgan fingerprint density at radius 3 is 2.19 bits per heavy atom. The predicted molar refractivity (Wildman–Crippen MR) is 68.5 cm³/mol. The highest BCUT2D eigenvalue weighted by Gasteiger charge is 2.17. The van der Waals surface area contributed by atoms with Crippen molar-refractivity contribution in [1.82, 2.24) is 10.6 Å². The Kier molecular flexibility index (Phi) is 8.07. The molecule has 0 spiro atoms. The molecule has 0 radical (unpaired) electrons. The van der Waals surface area contributed by atoms with Crippen molar-refractivity contribution in [3.05, 3.63) is 0 Å². The average Bonchev–Trinajstić information content (AvgIpc) is 2.26. The van der Waals surface area contributed by atoms with E-state index in [0.717, 1.165) is 12.8 Å². The second-order valence-electron chi connectivity index (χ2n) is 3.86. The Bertz CT molecular complexity index is 230. The van der Waals surface area contributed by atoms with Crippen LogP contribution in [0.25, 0.3) is 0 Å². The lowest BCUT2D eigenvalue weighted by atomic mass is 10.0. The van der Waals surface area contributed by atoms with E-state index in [0.29, 0.717) is 18.2 Å². The predicted octanol–water partition coefficient (Wildman–Crippen LogP) is 0.973. The van der Waals surface area contributed by atoms with E-state index in [1.165, 1.54) is 6.92 Å². The summed E-state index contributed by atoms with van der Waals surface area (Å²) in [5.41, 5.74) is 0. The van der Waals surface area contributed by atoms with Gasteiger partial charge in [-0.25, -0.2) is 0 Å². The van der Waals surface area contributed by atoms with E-state index in [4.69, 9.17) is 0 Å². The molecule has 4 nitrogen and oxygen atoms in total. The van der Waals surface area contributed by atoms with Crippen LogP contribution in [0.3, 0.4) is 0 Å². The molecule has 5 heteroatoms. The molecule has 0 aliphatic rings. The molecular weight excluding hydrogens is 224 g/mol. The zero-order valence-electron chi connectivity index (χ0n) is 10.2. The molecule has 0 aliphatic carbocycles. The van der Waals surface area contributed by atoms with Gasteiger partial charge in [0, 0.05) is 19.2 Å². The number of hydrogen-bond donors (Lipinski definition) is 3. The standard InChI is InChI=1S/C11H22N2O2S/c1-4-9(5-2)6-12-11(15)10(7-16)13-8(3)14/h9-10,16H,4-7H2,1-3H3,(H,12,15)(H,13,14). The SMILES string of the molecule is CCC(CC)CNC(=O)C(CS)NC(C)=O. The maximum Gasteiger partial charge on any atom is 0.243 e. The number of thiol groups is 1. The van der Waals surface area contributed by atoms with Crippen LogP contribution in [0, 0.1) is 5.92 Å². The van der Waals surface area contributed by atoms with Gasteiger partial charge in [0.1, 0.15) is 6.04 Å². The Morgan fingerprint density at radius 2 is 1.81 bits per heavy atom. The van der Waals surface area contributed by atoms with Crippen molar-refractivity contribution in [3.8, 4) is 0 Å². The van der Waals surface area contributed by atoms with Crippen molar-refractivity contribution in [2.75, 3.05) is 12.3 Å². The number of nitrogens with one attached hydrogen (secondary N) is 2. The summed E-state index contributed by atoms with van der Waals surface area (Å²) in [4.78, 5) is 22.5. The Morgan fingerprint density at radius 1 is 1.25 bits per heavy atom. The molecule has 16 heavy (non-hydrogen) atoms. The van der Waals surface area contributed by atoms with Crippen LogP contribution in [-0.4, -0.2) is 30.2 Å². The fourth-order valence-corrected chi connectivity index (χ4v) is 1.64. The number of carbonyl (C=O) groups excluding carboxylic acids is 2. The minimum Gasteiger partial charge on any atom is -0.354 e. The summed E-state index contributed by atoms with van der Waals surface area (Å²) < 4.78 is 0. The summed E-state index contributed by atoms with van der Waals surface area (Å²) in [5, 5.41) is 5.40. The van der Waals surface area contributed by atoms with E-state index in [2.05, 4.69) is 37.1 Å². The van der Waals surface area contributed by atoms with Crippen LogP contribution in [0.5, 0.6) is 0 Å². The topological polar surface area (TPSA) is 58.2 Å². The van der Waals surface area contributed by atoms with Crippen molar-refractivity contribution < 1.29 is 9.59 Å². The Balaban J connectivity index is 4.06. The van der Waals surface area contributed by atoms with Crippen LogP contribution < -0.4 is 10.6 Å². The van der Waals surface area contributed by atoms with E-state index >= 15 is 0 Å². The first-order chi connectivity index (χ1) is 7.54. The first-order valence-electron chi connectivity index (χ1n) is 5.70. The maximum absolute atomic E-state index is 11.7. The van der Waals surface area contributed by atoms with Crippen molar-refractivity contribution in [3.63, 3.8) is 0 Å². The minimum absolute atomic E-state index is 0.155. The molecule has 94 valence electrons. The molecule has 0 aromatic rings. The van der Waals surface area contributed by atoms with Gasteiger partial charge in [0.2, 0.25) is 11.8 Å². The van der Waals surface area contributed by atoms with E-state index < -0.39 is 6.04 Å². The molecule has 0 rings (SSSR count). The summed E-state index contributed by atoms with van der Waals surface area (Å²) in [6, 6.07) is -0.532. The molecule has 2 amide bonds. The van der Waals surface area contributed by atoms with Crippen molar-refractivity contribution in [2.24, 2.45) is 5.92 Å². The highest BCUT2D eigenvalue weighted by atomic mass is 32.1. The molecule has 0 saturated heterocycles. The zero-order chi connectivity index (χ0) is 12.6. The molecule has 1 atom stereocenters. The Labute approximate surface area is 103 Å². The molecule has 2 N–H and O–H groups in total. The van der Waals surface area contributed by atoms with Crippen LogP contribution >= 0.6 is 12.6 Å². The summed E-state index contributed by atoms with van der Waals surface area (Å²) in [7, 11) is 0. The second-order valence-corrected chi connectivity index (χ2v) is 4.23. The number of hydrogen-bond acceptors (Lipinski definition) is 3.